The summed E-state index contributed by atoms with van der Waals surface area (Å²) in [5, 5.41) is 2.95. The number of alkyl halides is 1. The van der Waals surface area contributed by atoms with Gasteiger partial charge in [-0.15, -0.1) is 11.6 Å². The molecule has 2 nitrogen and oxygen atoms in total. The Bertz CT molecular complexity index is 408. The number of carbonyl (C=O) groups is 1. The molecule has 4 heteroatoms. The molecule has 0 aliphatic heterocycles. The second kappa shape index (κ2) is 6.41. The van der Waals surface area contributed by atoms with Gasteiger partial charge in [0, 0.05) is 22.0 Å². The maximum absolute atomic E-state index is 12.0. The summed E-state index contributed by atoms with van der Waals surface area (Å²) in [5.74, 6) is 0.739. The van der Waals surface area contributed by atoms with Crippen LogP contribution in [0.1, 0.15) is 29.8 Å². The largest absolute Gasteiger partial charge is 0.349 e. The summed E-state index contributed by atoms with van der Waals surface area (Å²) in [4.78, 5) is 12.0. The lowest BCUT2D eigenvalue weighted by atomic mass is 10.1. The van der Waals surface area contributed by atoms with E-state index in [4.69, 9.17) is 11.6 Å². The van der Waals surface area contributed by atoms with Gasteiger partial charge in [-0.2, -0.15) is 0 Å². The molecule has 0 radical (unpaired) electrons. The predicted molar refractivity (Wildman–Crippen MR) is 75.7 cm³/mol. The van der Waals surface area contributed by atoms with Crippen molar-refractivity contribution in [3.05, 3.63) is 33.8 Å². The van der Waals surface area contributed by atoms with Crippen molar-refractivity contribution in [3.63, 3.8) is 0 Å². The predicted octanol–water partition coefficient (Wildman–Crippen LogP) is 3.75. The molecule has 0 saturated heterocycles. The van der Waals surface area contributed by atoms with Crippen LogP contribution in [0.4, 0.5) is 0 Å². The van der Waals surface area contributed by atoms with E-state index in [9.17, 15) is 4.79 Å². The molecule has 1 rings (SSSR count). The average molecular weight is 319 g/mol. The summed E-state index contributed by atoms with van der Waals surface area (Å²) in [6.45, 7) is 5.97. The molecule has 0 bridgehead atoms. The van der Waals surface area contributed by atoms with E-state index in [1.165, 1.54) is 0 Å². The van der Waals surface area contributed by atoms with Crippen molar-refractivity contribution in [2.24, 2.45) is 5.92 Å². The van der Waals surface area contributed by atoms with Crippen molar-refractivity contribution >= 4 is 33.4 Å². The topological polar surface area (TPSA) is 29.1 Å². The first-order valence-electron chi connectivity index (χ1n) is 5.58. The number of nitrogens with one attached hydrogen (secondary N) is 1. The second-order valence-corrected chi connectivity index (χ2v) is 5.52. The molecule has 0 aliphatic carbocycles. The normalized spacial score (nSPS) is 14.2. The minimum absolute atomic E-state index is 0.0600. The van der Waals surface area contributed by atoms with Gasteiger partial charge in [0.1, 0.15) is 0 Å². The second-order valence-electron chi connectivity index (χ2n) is 4.36. The van der Waals surface area contributed by atoms with Crippen LogP contribution in [0, 0.1) is 12.8 Å². The van der Waals surface area contributed by atoms with Gasteiger partial charge in [0.05, 0.1) is 0 Å². The molecule has 2 atom stereocenters. The van der Waals surface area contributed by atoms with Crippen LogP contribution in [-0.4, -0.2) is 17.8 Å². The highest BCUT2D eigenvalue weighted by Gasteiger charge is 2.15. The molecule has 0 aromatic heterocycles. The number of halogens is 2. The standard InChI is InChI=1S/C13H17BrClNO/c1-8-4-5-11(6-12(8)14)13(17)16-10(3)9(2)7-15/h4-6,9-10H,7H2,1-3H3,(H,16,17). The fourth-order valence-electron chi connectivity index (χ4n) is 1.30. The van der Waals surface area contributed by atoms with Gasteiger partial charge in [-0.05, 0) is 37.5 Å². The number of hydrogen-bond donors (Lipinski definition) is 1. The van der Waals surface area contributed by atoms with Gasteiger partial charge in [0.25, 0.3) is 5.91 Å². The maximum atomic E-state index is 12.0. The van der Waals surface area contributed by atoms with Gasteiger partial charge in [-0.1, -0.05) is 28.9 Å². The van der Waals surface area contributed by atoms with E-state index in [0.29, 0.717) is 11.4 Å². The highest BCUT2D eigenvalue weighted by molar-refractivity contribution is 9.10. The lowest BCUT2D eigenvalue weighted by Crippen LogP contribution is -2.37. The van der Waals surface area contributed by atoms with E-state index in [0.717, 1.165) is 10.0 Å². The summed E-state index contributed by atoms with van der Waals surface area (Å²) < 4.78 is 0.947. The molecule has 1 aromatic carbocycles. The van der Waals surface area contributed by atoms with Gasteiger partial charge >= 0.3 is 0 Å². The first-order valence-corrected chi connectivity index (χ1v) is 6.91. The summed E-state index contributed by atoms with van der Waals surface area (Å²) in [6, 6.07) is 5.66. The van der Waals surface area contributed by atoms with E-state index >= 15 is 0 Å². The zero-order valence-corrected chi connectivity index (χ0v) is 12.6. The van der Waals surface area contributed by atoms with Gasteiger partial charge in [-0.3, -0.25) is 4.79 Å². The highest BCUT2D eigenvalue weighted by atomic mass is 79.9. The van der Waals surface area contributed by atoms with Gasteiger partial charge in [0.15, 0.2) is 0 Å². The molecular formula is C13H17BrClNO. The van der Waals surface area contributed by atoms with Crippen LogP contribution in [-0.2, 0) is 0 Å². The fourth-order valence-corrected chi connectivity index (χ4v) is 1.95. The van der Waals surface area contributed by atoms with E-state index in [-0.39, 0.29) is 17.9 Å². The molecule has 17 heavy (non-hydrogen) atoms. The van der Waals surface area contributed by atoms with Crippen LogP contribution in [0.2, 0.25) is 0 Å². The minimum Gasteiger partial charge on any atom is -0.349 e. The molecule has 1 amide bonds. The van der Waals surface area contributed by atoms with E-state index < -0.39 is 0 Å². The third-order valence-corrected chi connectivity index (χ3v) is 4.23. The van der Waals surface area contributed by atoms with Crippen molar-refractivity contribution in [1.29, 1.82) is 0 Å². The van der Waals surface area contributed by atoms with Gasteiger partial charge < -0.3 is 5.32 Å². The molecule has 2 unspecified atom stereocenters. The van der Waals surface area contributed by atoms with Crippen LogP contribution >= 0.6 is 27.5 Å². The Balaban J connectivity index is 2.73. The quantitative estimate of drug-likeness (QED) is 0.842. The van der Waals surface area contributed by atoms with E-state index in [1.54, 1.807) is 0 Å². The van der Waals surface area contributed by atoms with Crippen LogP contribution < -0.4 is 5.32 Å². The zero-order chi connectivity index (χ0) is 13.0. The molecule has 0 heterocycles. The molecule has 94 valence electrons. The molecule has 1 aromatic rings. The first kappa shape index (κ1) is 14.5. The summed E-state index contributed by atoms with van der Waals surface area (Å²) >= 11 is 9.19. The Labute approximate surface area is 116 Å². The Hall–Kier alpha value is -0.540. The smallest absolute Gasteiger partial charge is 0.251 e. The highest BCUT2D eigenvalue weighted by Crippen LogP contribution is 2.17. The van der Waals surface area contributed by atoms with Gasteiger partial charge in [-0.25, -0.2) is 0 Å². The van der Waals surface area contributed by atoms with Crippen molar-refractivity contribution in [3.8, 4) is 0 Å². The van der Waals surface area contributed by atoms with Gasteiger partial charge in [0.2, 0.25) is 0 Å². The number of rotatable bonds is 4. The Morgan fingerprint density at radius 2 is 2.12 bits per heavy atom. The molecular weight excluding hydrogens is 302 g/mol. The molecule has 0 spiro atoms. The Kier molecular flexibility index (Phi) is 5.47. The third-order valence-electron chi connectivity index (χ3n) is 2.89. The van der Waals surface area contributed by atoms with E-state index in [2.05, 4.69) is 21.2 Å². The Morgan fingerprint density at radius 1 is 1.47 bits per heavy atom. The van der Waals surface area contributed by atoms with Crippen LogP contribution in [0.5, 0.6) is 0 Å². The monoisotopic (exact) mass is 317 g/mol. The average Bonchev–Trinajstić information content (AvgIpc) is 2.31. The van der Waals surface area contributed by atoms with Crippen molar-refractivity contribution in [1.82, 2.24) is 5.32 Å². The van der Waals surface area contributed by atoms with Crippen LogP contribution in [0.15, 0.2) is 22.7 Å². The van der Waals surface area contributed by atoms with Crippen molar-refractivity contribution in [2.75, 3.05) is 5.88 Å². The Morgan fingerprint density at radius 3 is 2.65 bits per heavy atom. The lowest BCUT2D eigenvalue weighted by molar-refractivity contribution is 0.0931. The molecule has 0 saturated carbocycles. The van der Waals surface area contributed by atoms with Crippen LogP contribution in [0.25, 0.3) is 0 Å². The molecule has 0 fully saturated rings. The molecule has 0 aliphatic rings. The first-order chi connectivity index (χ1) is 7.95. The summed E-state index contributed by atoms with van der Waals surface area (Å²) in [7, 11) is 0. The summed E-state index contributed by atoms with van der Waals surface area (Å²) in [5.41, 5.74) is 1.78. The number of hydrogen-bond acceptors (Lipinski definition) is 1. The van der Waals surface area contributed by atoms with Crippen molar-refractivity contribution < 1.29 is 4.79 Å². The van der Waals surface area contributed by atoms with Crippen LogP contribution in [0.3, 0.4) is 0 Å². The summed E-state index contributed by atoms with van der Waals surface area (Å²) in [6.07, 6.45) is 0. The number of aryl methyl sites for hydroxylation is 1. The maximum Gasteiger partial charge on any atom is 0.251 e. The number of benzene rings is 1. The SMILES string of the molecule is Cc1ccc(C(=O)NC(C)C(C)CCl)cc1Br. The fraction of sp³-hybridized carbons (Fsp3) is 0.462. The van der Waals surface area contributed by atoms with E-state index in [1.807, 2.05) is 39.0 Å². The number of carbonyl (C=O) groups excluding carboxylic acids is 1. The van der Waals surface area contributed by atoms with Crippen molar-refractivity contribution in [2.45, 2.75) is 26.8 Å². The minimum atomic E-state index is -0.0600. The molecule has 1 N–H and O–H groups in total. The third kappa shape index (κ3) is 4.00. The lowest BCUT2D eigenvalue weighted by Gasteiger charge is -2.19. The number of amides is 1. The zero-order valence-electron chi connectivity index (χ0n) is 10.3.